The van der Waals surface area contributed by atoms with Gasteiger partial charge >= 0.3 is 0 Å². The minimum Gasteiger partial charge on any atom is -0.361 e. The van der Waals surface area contributed by atoms with Crippen LogP contribution in [0.25, 0.3) is 10.9 Å². The molecule has 3 heterocycles. The molecular weight excluding hydrogens is 372 g/mol. The second kappa shape index (κ2) is 8.06. The lowest BCUT2D eigenvalue weighted by molar-refractivity contribution is -0.118. The summed E-state index contributed by atoms with van der Waals surface area (Å²) in [7, 11) is 0. The van der Waals surface area contributed by atoms with Crippen molar-refractivity contribution < 1.29 is 9.59 Å². The number of rotatable bonds is 6. The van der Waals surface area contributed by atoms with E-state index in [1.807, 2.05) is 41.9 Å². The van der Waals surface area contributed by atoms with Gasteiger partial charge in [0.15, 0.2) is 0 Å². The lowest BCUT2D eigenvalue weighted by Gasteiger charge is -2.18. The van der Waals surface area contributed by atoms with Crippen molar-refractivity contribution in [2.75, 3.05) is 5.32 Å². The molecule has 0 saturated heterocycles. The first kappa shape index (κ1) is 17.9. The Morgan fingerprint density at radius 1 is 1.07 bits per heavy atom. The van der Waals surface area contributed by atoms with Gasteiger partial charge in [-0.25, -0.2) is 0 Å². The molecule has 6 nitrogen and oxygen atoms in total. The van der Waals surface area contributed by atoms with E-state index in [0.717, 1.165) is 16.5 Å². The first-order valence-corrected chi connectivity index (χ1v) is 9.69. The van der Waals surface area contributed by atoms with Crippen LogP contribution in [0.4, 0.5) is 5.69 Å². The first-order chi connectivity index (χ1) is 13.7. The molecule has 4 rings (SSSR count). The Hall–Kier alpha value is -3.45. The van der Waals surface area contributed by atoms with Crippen molar-refractivity contribution >= 4 is 39.7 Å². The molecular formula is C21H18N4O2S. The van der Waals surface area contributed by atoms with Gasteiger partial charge in [-0.05, 0) is 35.2 Å². The third kappa shape index (κ3) is 3.94. The quantitative estimate of drug-likeness (QED) is 0.470. The average Bonchev–Trinajstić information content (AvgIpc) is 3.39. The molecule has 140 valence electrons. The van der Waals surface area contributed by atoms with Gasteiger partial charge in [-0.3, -0.25) is 14.6 Å². The Bertz CT molecular complexity index is 1090. The second-order valence-corrected chi connectivity index (χ2v) is 7.24. The molecule has 4 aromatic rings. The molecule has 2 amide bonds. The first-order valence-electron chi connectivity index (χ1n) is 8.81. The molecule has 0 aliphatic heterocycles. The number of amides is 2. The van der Waals surface area contributed by atoms with Crippen LogP contribution < -0.4 is 10.6 Å². The van der Waals surface area contributed by atoms with E-state index in [4.69, 9.17) is 0 Å². The van der Waals surface area contributed by atoms with Crippen molar-refractivity contribution in [3.8, 4) is 0 Å². The number of nitrogens with zero attached hydrogens (tertiary/aromatic N) is 1. The van der Waals surface area contributed by atoms with E-state index in [1.54, 1.807) is 30.6 Å². The molecule has 3 aromatic heterocycles. The molecule has 3 N–H and O–H groups in total. The minimum atomic E-state index is -0.720. The summed E-state index contributed by atoms with van der Waals surface area (Å²) in [5.41, 5.74) is 2.60. The van der Waals surface area contributed by atoms with Crippen LogP contribution in [0.2, 0.25) is 0 Å². The van der Waals surface area contributed by atoms with Gasteiger partial charge in [0.1, 0.15) is 6.04 Å². The zero-order valence-electron chi connectivity index (χ0n) is 14.9. The molecule has 0 saturated carbocycles. The Balaban J connectivity index is 1.58. The highest BCUT2D eigenvalue weighted by Crippen LogP contribution is 2.20. The summed E-state index contributed by atoms with van der Waals surface area (Å²) in [5.74, 6) is -0.536. The number of fused-ring (bicyclic) bond motifs is 1. The van der Waals surface area contributed by atoms with Crippen molar-refractivity contribution in [1.82, 2.24) is 15.3 Å². The number of thiophene rings is 1. The maximum atomic E-state index is 12.9. The van der Waals surface area contributed by atoms with Crippen molar-refractivity contribution in [1.29, 1.82) is 0 Å². The van der Waals surface area contributed by atoms with Crippen LogP contribution in [0, 0.1) is 0 Å². The number of pyridine rings is 1. The van der Waals surface area contributed by atoms with Crippen LogP contribution >= 0.6 is 11.3 Å². The number of carbonyl (C=O) groups excluding carboxylic acids is 2. The summed E-state index contributed by atoms with van der Waals surface area (Å²) in [6.45, 7) is 0. The molecule has 1 aromatic carbocycles. The van der Waals surface area contributed by atoms with Crippen LogP contribution in [0.15, 0.2) is 72.5 Å². The Morgan fingerprint density at radius 3 is 2.68 bits per heavy atom. The van der Waals surface area contributed by atoms with Gasteiger partial charge < -0.3 is 15.6 Å². The van der Waals surface area contributed by atoms with Crippen molar-refractivity contribution in [2.24, 2.45) is 0 Å². The largest absolute Gasteiger partial charge is 0.361 e. The van der Waals surface area contributed by atoms with E-state index in [1.165, 1.54) is 11.3 Å². The van der Waals surface area contributed by atoms with Gasteiger partial charge in [-0.1, -0.05) is 24.3 Å². The Kier molecular flexibility index (Phi) is 5.16. The maximum Gasteiger partial charge on any atom is 0.262 e. The zero-order valence-corrected chi connectivity index (χ0v) is 15.7. The van der Waals surface area contributed by atoms with Gasteiger partial charge in [0, 0.05) is 41.6 Å². The van der Waals surface area contributed by atoms with Gasteiger partial charge in [-0.2, -0.15) is 0 Å². The summed E-state index contributed by atoms with van der Waals surface area (Å²) in [4.78, 5) is 33.2. The third-order valence-electron chi connectivity index (χ3n) is 4.41. The lowest BCUT2D eigenvalue weighted by atomic mass is 10.0. The predicted molar refractivity (Wildman–Crippen MR) is 110 cm³/mol. The number of hydrogen-bond donors (Lipinski definition) is 3. The number of benzene rings is 1. The van der Waals surface area contributed by atoms with Crippen LogP contribution in [0.1, 0.15) is 15.2 Å². The summed E-state index contributed by atoms with van der Waals surface area (Å²) in [6, 6.07) is 14.1. The van der Waals surface area contributed by atoms with E-state index in [2.05, 4.69) is 20.6 Å². The fraction of sp³-hybridized carbons (Fsp3) is 0.0952. The minimum absolute atomic E-state index is 0.260. The van der Waals surface area contributed by atoms with Crippen molar-refractivity contribution in [3.05, 3.63) is 82.9 Å². The fourth-order valence-corrected chi connectivity index (χ4v) is 3.66. The highest BCUT2D eigenvalue weighted by Gasteiger charge is 2.23. The summed E-state index contributed by atoms with van der Waals surface area (Å²) >= 11 is 1.34. The van der Waals surface area contributed by atoms with Gasteiger partial charge in [0.05, 0.1) is 4.88 Å². The van der Waals surface area contributed by atoms with Crippen molar-refractivity contribution in [3.63, 3.8) is 0 Å². The van der Waals surface area contributed by atoms with Crippen LogP contribution in [-0.4, -0.2) is 27.8 Å². The normalized spacial score (nSPS) is 11.9. The number of anilines is 1. The fourth-order valence-electron chi connectivity index (χ4n) is 3.03. The SMILES string of the molecule is O=C(N[C@@H](Cc1c[nH]c2ccccc12)C(=O)Nc1ccncc1)c1cccs1. The molecule has 28 heavy (non-hydrogen) atoms. The van der Waals surface area contributed by atoms with Gasteiger partial charge in [0.2, 0.25) is 5.91 Å². The van der Waals surface area contributed by atoms with Gasteiger partial charge in [-0.15, -0.1) is 11.3 Å². The number of aromatic nitrogens is 2. The van der Waals surface area contributed by atoms with E-state index in [0.29, 0.717) is 17.0 Å². The molecule has 0 bridgehead atoms. The van der Waals surface area contributed by atoms with Crippen LogP contribution in [-0.2, 0) is 11.2 Å². The molecule has 1 atom stereocenters. The standard InChI is InChI=1S/C21H18N4O2S/c26-20(24-15-7-9-22-10-8-15)18(25-21(27)19-6-3-11-28-19)12-14-13-23-17-5-2-1-4-16(14)17/h1-11,13,18,23H,12H2,(H,25,27)(H,22,24,26)/t18-/m0/s1. The zero-order chi connectivity index (χ0) is 19.3. The number of para-hydroxylation sites is 1. The molecule has 7 heteroatoms. The van der Waals surface area contributed by atoms with Gasteiger partial charge in [0.25, 0.3) is 5.91 Å². The smallest absolute Gasteiger partial charge is 0.262 e. The molecule has 0 radical (unpaired) electrons. The van der Waals surface area contributed by atoms with E-state index in [9.17, 15) is 9.59 Å². The number of nitrogens with one attached hydrogen (secondary N) is 3. The lowest BCUT2D eigenvalue weighted by Crippen LogP contribution is -2.45. The Labute approximate surface area is 165 Å². The highest BCUT2D eigenvalue weighted by atomic mass is 32.1. The summed E-state index contributed by atoms with van der Waals surface area (Å²) in [6.07, 6.45) is 5.47. The summed E-state index contributed by atoms with van der Waals surface area (Å²) < 4.78 is 0. The third-order valence-corrected chi connectivity index (χ3v) is 5.28. The number of aromatic amines is 1. The average molecular weight is 390 g/mol. The second-order valence-electron chi connectivity index (χ2n) is 6.29. The van der Waals surface area contributed by atoms with Crippen molar-refractivity contribution in [2.45, 2.75) is 12.5 Å². The molecule has 0 unspecified atom stereocenters. The molecule has 0 spiro atoms. The number of H-pyrrole nitrogens is 1. The van der Waals surface area contributed by atoms with Crippen LogP contribution in [0.5, 0.6) is 0 Å². The summed E-state index contributed by atoms with van der Waals surface area (Å²) in [5, 5.41) is 8.60. The van der Waals surface area contributed by atoms with Crippen LogP contribution in [0.3, 0.4) is 0 Å². The maximum absolute atomic E-state index is 12.9. The highest BCUT2D eigenvalue weighted by molar-refractivity contribution is 7.12. The topological polar surface area (TPSA) is 86.9 Å². The van der Waals surface area contributed by atoms with E-state index in [-0.39, 0.29) is 11.8 Å². The predicted octanol–water partition coefficient (Wildman–Crippen LogP) is 3.60. The monoisotopic (exact) mass is 390 g/mol. The molecule has 0 aliphatic carbocycles. The molecule has 0 fully saturated rings. The van der Waals surface area contributed by atoms with E-state index >= 15 is 0 Å². The number of carbonyl (C=O) groups is 2. The Morgan fingerprint density at radius 2 is 1.89 bits per heavy atom. The molecule has 0 aliphatic rings. The van der Waals surface area contributed by atoms with E-state index < -0.39 is 6.04 Å². The number of hydrogen-bond acceptors (Lipinski definition) is 4.